The van der Waals surface area contributed by atoms with Gasteiger partial charge in [0.2, 0.25) is 5.91 Å². The maximum Gasteiger partial charge on any atom is 0.254 e. The van der Waals surface area contributed by atoms with Gasteiger partial charge in [-0.05, 0) is 19.1 Å². The maximum atomic E-state index is 13.1. The van der Waals surface area contributed by atoms with Gasteiger partial charge >= 0.3 is 0 Å². The largest absolute Gasteiger partial charge is 0.368 e. The SMILES string of the molecule is C[C@H](NC(=O)c1ccccc1F)C(N)=O. The molecule has 0 unspecified atom stereocenters. The van der Waals surface area contributed by atoms with Crippen molar-refractivity contribution in [3.05, 3.63) is 35.6 Å². The van der Waals surface area contributed by atoms with E-state index in [9.17, 15) is 14.0 Å². The molecular formula is C10H11FN2O2. The van der Waals surface area contributed by atoms with E-state index in [4.69, 9.17) is 5.73 Å². The fraction of sp³-hybridized carbons (Fsp3) is 0.200. The number of nitrogens with two attached hydrogens (primary N) is 1. The molecule has 1 aromatic carbocycles. The van der Waals surface area contributed by atoms with Crippen LogP contribution in [0.25, 0.3) is 0 Å². The summed E-state index contributed by atoms with van der Waals surface area (Å²) in [7, 11) is 0. The fourth-order valence-corrected chi connectivity index (χ4v) is 0.991. The molecule has 2 amide bonds. The number of carbonyl (C=O) groups excluding carboxylic acids is 2. The van der Waals surface area contributed by atoms with Crippen LogP contribution < -0.4 is 11.1 Å². The summed E-state index contributed by atoms with van der Waals surface area (Å²) in [4.78, 5) is 22.1. The predicted molar refractivity (Wildman–Crippen MR) is 52.5 cm³/mol. The third-order valence-corrected chi connectivity index (χ3v) is 1.89. The van der Waals surface area contributed by atoms with Gasteiger partial charge in [-0.1, -0.05) is 12.1 Å². The lowest BCUT2D eigenvalue weighted by atomic mass is 10.2. The Morgan fingerprint density at radius 1 is 1.40 bits per heavy atom. The zero-order valence-corrected chi connectivity index (χ0v) is 8.16. The molecule has 0 fully saturated rings. The third-order valence-electron chi connectivity index (χ3n) is 1.89. The van der Waals surface area contributed by atoms with E-state index in [2.05, 4.69) is 5.32 Å². The normalized spacial score (nSPS) is 11.9. The highest BCUT2D eigenvalue weighted by Crippen LogP contribution is 2.05. The molecule has 3 N–H and O–H groups in total. The summed E-state index contributed by atoms with van der Waals surface area (Å²) in [6.07, 6.45) is 0. The minimum Gasteiger partial charge on any atom is -0.368 e. The molecule has 15 heavy (non-hydrogen) atoms. The van der Waals surface area contributed by atoms with E-state index in [1.165, 1.54) is 31.2 Å². The molecule has 0 aromatic heterocycles. The molecule has 0 bridgehead atoms. The van der Waals surface area contributed by atoms with Crippen molar-refractivity contribution < 1.29 is 14.0 Å². The Labute approximate surface area is 86.3 Å². The molecule has 80 valence electrons. The maximum absolute atomic E-state index is 13.1. The second-order valence-corrected chi connectivity index (χ2v) is 3.08. The Hall–Kier alpha value is -1.91. The molecule has 1 aromatic rings. The third kappa shape index (κ3) is 2.77. The van der Waals surface area contributed by atoms with Gasteiger partial charge in [0.05, 0.1) is 5.56 Å². The van der Waals surface area contributed by atoms with Crippen molar-refractivity contribution in [3.63, 3.8) is 0 Å². The van der Waals surface area contributed by atoms with Crippen molar-refractivity contribution >= 4 is 11.8 Å². The lowest BCUT2D eigenvalue weighted by molar-refractivity contribution is -0.119. The summed E-state index contributed by atoms with van der Waals surface area (Å²) in [6.45, 7) is 1.43. The molecule has 4 nitrogen and oxygen atoms in total. The Balaban J connectivity index is 2.78. The number of primary amides is 1. The van der Waals surface area contributed by atoms with E-state index in [0.29, 0.717) is 0 Å². The Morgan fingerprint density at radius 3 is 2.53 bits per heavy atom. The van der Waals surface area contributed by atoms with Crippen LogP contribution in [0.15, 0.2) is 24.3 Å². The smallest absolute Gasteiger partial charge is 0.254 e. The first-order chi connectivity index (χ1) is 7.02. The summed E-state index contributed by atoms with van der Waals surface area (Å²) in [6, 6.07) is 4.69. The van der Waals surface area contributed by atoms with Crippen LogP contribution >= 0.6 is 0 Å². The zero-order chi connectivity index (χ0) is 11.4. The van der Waals surface area contributed by atoms with Crippen molar-refractivity contribution in [2.24, 2.45) is 5.73 Å². The van der Waals surface area contributed by atoms with Crippen molar-refractivity contribution in [1.29, 1.82) is 0 Å². The van der Waals surface area contributed by atoms with Gasteiger partial charge in [-0.2, -0.15) is 0 Å². The number of halogens is 1. The minimum atomic E-state index is -0.822. The first-order valence-electron chi connectivity index (χ1n) is 4.37. The Kier molecular flexibility index (Phi) is 3.38. The molecule has 0 radical (unpaired) electrons. The molecular weight excluding hydrogens is 199 g/mol. The van der Waals surface area contributed by atoms with Gasteiger partial charge < -0.3 is 11.1 Å². The van der Waals surface area contributed by atoms with Crippen LogP contribution in [0.3, 0.4) is 0 Å². The minimum absolute atomic E-state index is 0.106. The van der Waals surface area contributed by atoms with Gasteiger partial charge in [0, 0.05) is 0 Å². The van der Waals surface area contributed by atoms with E-state index in [1.807, 2.05) is 0 Å². The summed E-state index contributed by atoms with van der Waals surface area (Å²) in [5.74, 6) is -1.95. The van der Waals surface area contributed by atoms with Gasteiger partial charge in [-0.25, -0.2) is 4.39 Å². The average Bonchev–Trinajstić information content (AvgIpc) is 2.18. The summed E-state index contributed by atoms with van der Waals surface area (Å²) in [5, 5.41) is 2.28. The predicted octanol–water partition coefficient (Wildman–Crippen LogP) is 0.429. The number of amides is 2. The standard InChI is InChI=1S/C10H11FN2O2/c1-6(9(12)14)13-10(15)7-4-2-3-5-8(7)11/h2-6H,1H3,(H2,12,14)(H,13,15)/t6-/m0/s1. The van der Waals surface area contributed by atoms with Crippen molar-refractivity contribution in [1.82, 2.24) is 5.32 Å². The number of carbonyl (C=O) groups is 2. The highest BCUT2D eigenvalue weighted by Gasteiger charge is 2.15. The molecule has 1 rings (SSSR count). The molecule has 0 saturated carbocycles. The van der Waals surface area contributed by atoms with Crippen LogP contribution in [0.1, 0.15) is 17.3 Å². The highest BCUT2D eigenvalue weighted by atomic mass is 19.1. The Bertz CT molecular complexity index is 393. The monoisotopic (exact) mass is 210 g/mol. The van der Waals surface area contributed by atoms with E-state index < -0.39 is 23.7 Å². The number of hydrogen-bond donors (Lipinski definition) is 2. The average molecular weight is 210 g/mol. The van der Waals surface area contributed by atoms with Crippen LogP contribution in [0.2, 0.25) is 0 Å². The molecule has 0 spiro atoms. The molecule has 0 aliphatic carbocycles. The second-order valence-electron chi connectivity index (χ2n) is 3.08. The van der Waals surface area contributed by atoms with Crippen LogP contribution in [0.5, 0.6) is 0 Å². The summed E-state index contributed by atoms with van der Waals surface area (Å²) < 4.78 is 13.1. The Morgan fingerprint density at radius 2 is 2.00 bits per heavy atom. The van der Waals surface area contributed by atoms with Crippen LogP contribution in [0.4, 0.5) is 4.39 Å². The van der Waals surface area contributed by atoms with Crippen LogP contribution in [-0.2, 0) is 4.79 Å². The van der Waals surface area contributed by atoms with E-state index in [-0.39, 0.29) is 5.56 Å². The van der Waals surface area contributed by atoms with Crippen molar-refractivity contribution in [2.45, 2.75) is 13.0 Å². The van der Waals surface area contributed by atoms with Gasteiger partial charge in [-0.3, -0.25) is 9.59 Å². The van der Waals surface area contributed by atoms with E-state index >= 15 is 0 Å². The summed E-state index contributed by atoms with van der Waals surface area (Å²) >= 11 is 0. The van der Waals surface area contributed by atoms with Crippen LogP contribution in [-0.4, -0.2) is 17.9 Å². The molecule has 0 aliphatic heterocycles. The topological polar surface area (TPSA) is 72.2 Å². The number of rotatable bonds is 3. The van der Waals surface area contributed by atoms with Crippen LogP contribution in [0, 0.1) is 5.82 Å². The van der Waals surface area contributed by atoms with Crippen molar-refractivity contribution in [2.75, 3.05) is 0 Å². The zero-order valence-electron chi connectivity index (χ0n) is 8.16. The second kappa shape index (κ2) is 4.54. The van der Waals surface area contributed by atoms with Gasteiger partial charge in [-0.15, -0.1) is 0 Å². The van der Waals surface area contributed by atoms with Gasteiger partial charge in [0.1, 0.15) is 11.9 Å². The quantitative estimate of drug-likeness (QED) is 0.759. The fourth-order valence-electron chi connectivity index (χ4n) is 0.991. The lowest BCUT2D eigenvalue weighted by Crippen LogP contribution is -2.42. The van der Waals surface area contributed by atoms with E-state index in [0.717, 1.165) is 0 Å². The number of hydrogen-bond acceptors (Lipinski definition) is 2. The van der Waals surface area contributed by atoms with Gasteiger partial charge in [0.15, 0.2) is 0 Å². The first-order valence-corrected chi connectivity index (χ1v) is 4.37. The van der Waals surface area contributed by atoms with Gasteiger partial charge in [0.25, 0.3) is 5.91 Å². The molecule has 1 atom stereocenters. The molecule has 0 aliphatic rings. The molecule has 0 heterocycles. The number of benzene rings is 1. The first kappa shape index (κ1) is 11.2. The van der Waals surface area contributed by atoms with E-state index in [1.54, 1.807) is 0 Å². The summed E-state index contributed by atoms with van der Waals surface area (Å²) in [5.41, 5.74) is 4.85. The molecule has 0 saturated heterocycles. The number of nitrogens with one attached hydrogen (secondary N) is 1. The van der Waals surface area contributed by atoms with Crippen molar-refractivity contribution in [3.8, 4) is 0 Å². The lowest BCUT2D eigenvalue weighted by Gasteiger charge is -2.10. The molecule has 5 heteroatoms. The highest BCUT2D eigenvalue weighted by molar-refractivity contribution is 5.97.